The first kappa shape index (κ1) is 16.5. The average Bonchev–Trinajstić information content (AvgIpc) is 2.50. The minimum absolute atomic E-state index is 0.0122. The summed E-state index contributed by atoms with van der Waals surface area (Å²) in [6.07, 6.45) is 3.88. The van der Waals surface area contributed by atoms with Crippen molar-refractivity contribution in [1.29, 1.82) is 0 Å². The largest absolute Gasteiger partial charge is 0.468 e. The van der Waals surface area contributed by atoms with Crippen LogP contribution in [0.15, 0.2) is 24.5 Å². The third-order valence-electron chi connectivity index (χ3n) is 3.05. The highest BCUT2D eigenvalue weighted by molar-refractivity contribution is 7.99. The summed E-state index contributed by atoms with van der Waals surface area (Å²) in [6, 6.07) is 3.80. The predicted octanol–water partition coefficient (Wildman–Crippen LogP) is 1.90. The van der Waals surface area contributed by atoms with Crippen LogP contribution in [0, 0.1) is 0 Å². The molecule has 0 bridgehead atoms. The van der Waals surface area contributed by atoms with Gasteiger partial charge in [0.15, 0.2) is 0 Å². The molecule has 20 heavy (non-hydrogen) atoms. The third kappa shape index (κ3) is 5.21. The lowest BCUT2D eigenvalue weighted by Crippen LogP contribution is -2.30. The molecule has 110 valence electrons. The van der Waals surface area contributed by atoms with Crippen LogP contribution in [0.4, 0.5) is 0 Å². The monoisotopic (exact) mass is 296 g/mol. The maximum absolute atomic E-state index is 12.0. The zero-order chi connectivity index (χ0) is 15.0. The Bertz CT molecular complexity index is 439. The van der Waals surface area contributed by atoms with E-state index in [1.54, 1.807) is 24.3 Å². The normalized spacial score (nSPS) is 11.8. The Morgan fingerprint density at radius 1 is 1.50 bits per heavy atom. The Morgan fingerprint density at radius 3 is 2.85 bits per heavy atom. The van der Waals surface area contributed by atoms with Gasteiger partial charge in [0, 0.05) is 31.6 Å². The average molecular weight is 296 g/mol. The second-order valence-corrected chi connectivity index (χ2v) is 5.45. The van der Waals surface area contributed by atoms with Crippen LogP contribution in [-0.2, 0) is 14.3 Å². The molecule has 1 unspecified atom stereocenters. The maximum atomic E-state index is 12.0. The first-order chi connectivity index (χ1) is 9.56. The summed E-state index contributed by atoms with van der Waals surface area (Å²) in [5.41, 5.74) is 1.01. The highest BCUT2D eigenvalue weighted by Crippen LogP contribution is 2.18. The van der Waals surface area contributed by atoms with E-state index >= 15 is 0 Å². The second kappa shape index (κ2) is 8.58. The Hall–Kier alpha value is -1.56. The summed E-state index contributed by atoms with van der Waals surface area (Å²) in [6.45, 7) is 1.97. The number of ether oxygens (including phenoxy) is 1. The van der Waals surface area contributed by atoms with Crippen LogP contribution < -0.4 is 0 Å². The molecule has 5 nitrogen and oxygen atoms in total. The van der Waals surface area contributed by atoms with Gasteiger partial charge in [0.1, 0.15) is 0 Å². The molecule has 1 heterocycles. The van der Waals surface area contributed by atoms with Gasteiger partial charge >= 0.3 is 5.97 Å². The van der Waals surface area contributed by atoms with Gasteiger partial charge in [-0.15, -0.1) is 11.8 Å². The molecule has 0 aliphatic rings. The Kier molecular flexibility index (Phi) is 7.08. The number of hydrogen-bond donors (Lipinski definition) is 0. The molecule has 0 aromatic carbocycles. The Morgan fingerprint density at radius 2 is 2.25 bits per heavy atom. The molecule has 0 saturated heterocycles. The number of rotatable bonds is 7. The van der Waals surface area contributed by atoms with Crippen molar-refractivity contribution in [3.8, 4) is 0 Å². The van der Waals surface area contributed by atoms with Gasteiger partial charge in [-0.05, 0) is 18.6 Å². The van der Waals surface area contributed by atoms with Gasteiger partial charge in [0.05, 0.1) is 18.9 Å². The fourth-order valence-electron chi connectivity index (χ4n) is 1.61. The van der Waals surface area contributed by atoms with E-state index in [4.69, 9.17) is 0 Å². The lowest BCUT2D eigenvalue weighted by atomic mass is 10.1. The van der Waals surface area contributed by atoms with E-state index in [2.05, 4.69) is 9.72 Å². The molecule has 0 aliphatic carbocycles. The van der Waals surface area contributed by atoms with Crippen molar-refractivity contribution in [2.24, 2.45) is 0 Å². The summed E-state index contributed by atoms with van der Waals surface area (Å²) in [4.78, 5) is 28.7. The van der Waals surface area contributed by atoms with E-state index in [0.29, 0.717) is 12.2 Å². The molecular formula is C14H20N2O3S. The van der Waals surface area contributed by atoms with Crippen molar-refractivity contribution >= 4 is 23.6 Å². The van der Waals surface area contributed by atoms with E-state index in [1.807, 2.05) is 19.1 Å². The highest BCUT2D eigenvalue weighted by atomic mass is 32.2. The molecule has 0 saturated carbocycles. The number of carbonyl (C=O) groups excluding carboxylic acids is 2. The fourth-order valence-corrected chi connectivity index (χ4v) is 2.36. The summed E-state index contributed by atoms with van der Waals surface area (Å²) < 4.78 is 4.54. The molecule has 0 N–H and O–H groups in total. The van der Waals surface area contributed by atoms with E-state index in [-0.39, 0.29) is 23.7 Å². The van der Waals surface area contributed by atoms with E-state index in [9.17, 15) is 9.59 Å². The van der Waals surface area contributed by atoms with Crippen LogP contribution in [0.1, 0.15) is 24.9 Å². The van der Waals surface area contributed by atoms with Crippen LogP contribution >= 0.6 is 11.8 Å². The molecule has 0 fully saturated rings. The standard InChI is InChI=1S/C14H20N2O3S/c1-11(12-5-4-7-15-9-12)16(2)13(17)6-8-20-10-14(18)19-3/h4-5,7,9,11H,6,8,10H2,1-3H3. The van der Waals surface area contributed by atoms with Gasteiger partial charge in [-0.25, -0.2) is 0 Å². The quantitative estimate of drug-likeness (QED) is 0.568. The third-order valence-corrected chi connectivity index (χ3v) is 3.98. The smallest absolute Gasteiger partial charge is 0.315 e. The maximum Gasteiger partial charge on any atom is 0.315 e. The fraction of sp³-hybridized carbons (Fsp3) is 0.500. The molecular weight excluding hydrogens is 276 g/mol. The predicted molar refractivity (Wildman–Crippen MR) is 79.4 cm³/mol. The summed E-state index contributed by atoms with van der Waals surface area (Å²) >= 11 is 1.40. The van der Waals surface area contributed by atoms with Gasteiger partial charge in [-0.1, -0.05) is 6.07 Å². The number of pyridine rings is 1. The highest BCUT2D eigenvalue weighted by Gasteiger charge is 2.17. The van der Waals surface area contributed by atoms with Gasteiger partial charge in [-0.2, -0.15) is 0 Å². The van der Waals surface area contributed by atoms with Crippen LogP contribution in [-0.4, -0.2) is 47.4 Å². The van der Waals surface area contributed by atoms with Crippen molar-refractivity contribution in [3.05, 3.63) is 30.1 Å². The van der Waals surface area contributed by atoms with Crippen molar-refractivity contribution in [3.63, 3.8) is 0 Å². The molecule has 1 amide bonds. The minimum Gasteiger partial charge on any atom is -0.468 e. The molecule has 1 aromatic rings. The van der Waals surface area contributed by atoms with Gasteiger partial charge < -0.3 is 9.64 Å². The summed E-state index contributed by atoms with van der Waals surface area (Å²) in [5, 5.41) is 0. The van der Waals surface area contributed by atoms with Crippen molar-refractivity contribution in [2.75, 3.05) is 25.7 Å². The van der Waals surface area contributed by atoms with Crippen LogP contribution in [0.3, 0.4) is 0 Å². The molecule has 6 heteroatoms. The number of aromatic nitrogens is 1. The van der Waals surface area contributed by atoms with Crippen molar-refractivity contribution in [1.82, 2.24) is 9.88 Å². The van der Waals surface area contributed by atoms with Gasteiger partial charge in [0.2, 0.25) is 5.91 Å². The summed E-state index contributed by atoms with van der Waals surface area (Å²) in [5.74, 6) is 0.683. The molecule has 1 aromatic heterocycles. The molecule has 0 radical (unpaired) electrons. The minimum atomic E-state index is -0.264. The molecule has 1 rings (SSSR count). The van der Waals surface area contributed by atoms with Gasteiger partial charge in [0.25, 0.3) is 0 Å². The molecule has 0 spiro atoms. The Balaban J connectivity index is 2.37. The van der Waals surface area contributed by atoms with Crippen LogP contribution in [0.2, 0.25) is 0 Å². The number of esters is 1. The first-order valence-electron chi connectivity index (χ1n) is 6.36. The van der Waals surface area contributed by atoms with E-state index in [1.165, 1.54) is 18.9 Å². The lowest BCUT2D eigenvalue weighted by molar-refractivity contribution is -0.137. The zero-order valence-electron chi connectivity index (χ0n) is 12.0. The molecule has 1 atom stereocenters. The number of carbonyl (C=O) groups is 2. The zero-order valence-corrected chi connectivity index (χ0v) is 12.9. The van der Waals surface area contributed by atoms with Gasteiger partial charge in [-0.3, -0.25) is 14.6 Å². The lowest BCUT2D eigenvalue weighted by Gasteiger charge is -2.25. The number of thioether (sulfide) groups is 1. The van der Waals surface area contributed by atoms with E-state index < -0.39 is 0 Å². The van der Waals surface area contributed by atoms with Crippen LogP contribution in [0.5, 0.6) is 0 Å². The number of amides is 1. The molecule has 0 aliphatic heterocycles. The van der Waals surface area contributed by atoms with Crippen molar-refractivity contribution < 1.29 is 14.3 Å². The van der Waals surface area contributed by atoms with Crippen LogP contribution in [0.25, 0.3) is 0 Å². The number of hydrogen-bond acceptors (Lipinski definition) is 5. The second-order valence-electron chi connectivity index (χ2n) is 4.35. The number of methoxy groups -OCH3 is 1. The van der Waals surface area contributed by atoms with E-state index in [0.717, 1.165) is 5.56 Å². The number of nitrogens with zero attached hydrogens (tertiary/aromatic N) is 2. The Labute approximate surface area is 123 Å². The summed E-state index contributed by atoms with van der Waals surface area (Å²) in [7, 11) is 3.14. The SMILES string of the molecule is COC(=O)CSCCC(=O)N(C)C(C)c1cccnc1. The van der Waals surface area contributed by atoms with Crippen molar-refractivity contribution in [2.45, 2.75) is 19.4 Å². The topological polar surface area (TPSA) is 59.5 Å². The first-order valence-corrected chi connectivity index (χ1v) is 7.52.